The van der Waals surface area contributed by atoms with E-state index in [1.165, 1.54) is 42.4 Å². The lowest BCUT2D eigenvalue weighted by atomic mass is 10.0. The Morgan fingerprint density at radius 3 is 2.26 bits per heavy atom. The van der Waals surface area contributed by atoms with Gasteiger partial charge in [0.25, 0.3) is 17.5 Å². The second-order valence-corrected chi connectivity index (χ2v) is 7.11. The van der Waals surface area contributed by atoms with Gasteiger partial charge in [-0.1, -0.05) is 36.4 Å². The molecule has 2 aromatic carbocycles. The molecule has 1 aromatic heterocycles. The fraction of sp³-hybridized carbons (Fsp3) is 0.174. The molecule has 0 spiro atoms. The Bertz CT molecular complexity index is 1110. The maximum absolute atomic E-state index is 13.4. The van der Waals surface area contributed by atoms with Crippen LogP contribution in [0.2, 0.25) is 0 Å². The number of aromatic nitrogens is 1. The third-order valence-electron chi connectivity index (χ3n) is 5.00. The van der Waals surface area contributed by atoms with Crippen molar-refractivity contribution < 1.29 is 14.5 Å². The number of likely N-dealkylation sites (N-methyl/N-ethyl adjacent to an activating group) is 1. The zero-order valence-electron chi connectivity index (χ0n) is 17.4. The number of nitro groups is 1. The molecular weight excluding hydrogens is 396 g/mol. The molecule has 0 saturated carbocycles. The van der Waals surface area contributed by atoms with Crippen LogP contribution in [-0.4, -0.2) is 33.7 Å². The third-order valence-corrected chi connectivity index (χ3v) is 5.00. The van der Waals surface area contributed by atoms with Crippen LogP contribution >= 0.6 is 0 Å². The molecule has 8 nitrogen and oxygen atoms in total. The third kappa shape index (κ3) is 4.58. The number of hydrogen-bond donors (Lipinski definition) is 1. The van der Waals surface area contributed by atoms with Crippen LogP contribution in [0.3, 0.4) is 0 Å². The Labute approximate surface area is 179 Å². The van der Waals surface area contributed by atoms with E-state index < -0.39 is 22.8 Å². The van der Waals surface area contributed by atoms with Gasteiger partial charge in [-0.3, -0.25) is 24.7 Å². The zero-order chi connectivity index (χ0) is 22.5. The molecular formula is C23H22N4O4. The number of nitro benzene ring substituents is 1. The van der Waals surface area contributed by atoms with Crippen LogP contribution in [0.5, 0.6) is 0 Å². The average Bonchev–Trinajstić information content (AvgIpc) is 2.76. The highest BCUT2D eigenvalue weighted by atomic mass is 16.6. The first kappa shape index (κ1) is 21.6. The predicted octanol–water partition coefficient (Wildman–Crippen LogP) is 4.06. The first-order valence-corrected chi connectivity index (χ1v) is 9.60. The van der Waals surface area contributed by atoms with Crippen LogP contribution in [0.4, 0.5) is 11.4 Å². The Morgan fingerprint density at radius 1 is 1.00 bits per heavy atom. The number of nitrogens with one attached hydrogen (secondary N) is 1. The van der Waals surface area contributed by atoms with Gasteiger partial charge in [0, 0.05) is 25.0 Å². The van der Waals surface area contributed by atoms with Crippen LogP contribution < -0.4 is 5.32 Å². The highest BCUT2D eigenvalue weighted by molar-refractivity contribution is 6.02. The Kier molecular flexibility index (Phi) is 6.40. The number of hydrogen-bond acceptors (Lipinski definition) is 5. The van der Waals surface area contributed by atoms with Gasteiger partial charge in [0.2, 0.25) is 0 Å². The summed E-state index contributed by atoms with van der Waals surface area (Å²) in [7, 11) is 1.43. The summed E-state index contributed by atoms with van der Waals surface area (Å²) in [5, 5.41) is 14.5. The zero-order valence-corrected chi connectivity index (χ0v) is 17.4. The van der Waals surface area contributed by atoms with E-state index in [1.54, 1.807) is 18.2 Å². The van der Waals surface area contributed by atoms with Gasteiger partial charge < -0.3 is 10.2 Å². The molecule has 1 atom stereocenters. The first-order valence-electron chi connectivity index (χ1n) is 9.60. The van der Waals surface area contributed by atoms with Gasteiger partial charge in [-0.15, -0.1) is 0 Å². The highest BCUT2D eigenvalue weighted by Gasteiger charge is 2.34. The number of benzene rings is 2. The van der Waals surface area contributed by atoms with Crippen molar-refractivity contribution in [2.75, 3.05) is 12.4 Å². The van der Waals surface area contributed by atoms with Crippen molar-refractivity contribution in [3.05, 3.63) is 99.4 Å². The van der Waals surface area contributed by atoms with Crippen molar-refractivity contribution in [2.24, 2.45) is 0 Å². The summed E-state index contributed by atoms with van der Waals surface area (Å²) in [5.41, 5.74) is 2.29. The summed E-state index contributed by atoms with van der Waals surface area (Å²) < 4.78 is 0. The summed E-state index contributed by atoms with van der Waals surface area (Å²) in [6, 6.07) is 15.1. The van der Waals surface area contributed by atoms with Crippen molar-refractivity contribution in [3.63, 3.8) is 0 Å². The minimum atomic E-state index is -1.24. The molecule has 1 N–H and O–H groups in total. The SMILES string of the molecule is Cc1cccc(C)c1NC(=O)C(c1ccccc1[N+](=O)[O-])N(C)C(=O)c1ccccn1. The summed E-state index contributed by atoms with van der Waals surface area (Å²) in [4.78, 5) is 42.8. The van der Waals surface area contributed by atoms with E-state index in [-0.39, 0.29) is 16.9 Å². The van der Waals surface area contributed by atoms with Crippen LogP contribution in [0, 0.1) is 24.0 Å². The van der Waals surface area contributed by atoms with Crippen molar-refractivity contribution in [1.82, 2.24) is 9.88 Å². The van der Waals surface area contributed by atoms with E-state index >= 15 is 0 Å². The summed E-state index contributed by atoms with van der Waals surface area (Å²) in [6.07, 6.45) is 1.47. The first-order chi connectivity index (χ1) is 14.8. The van der Waals surface area contributed by atoms with Crippen LogP contribution in [0.25, 0.3) is 0 Å². The maximum atomic E-state index is 13.4. The Hall–Kier alpha value is -4.07. The van der Waals surface area contributed by atoms with Gasteiger partial charge in [0.05, 0.1) is 10.5 Å². The number of amides is 2. The fourth-order valence-corrected chi connectivity index (χ4v) is 3.40. The van der Waals surface area contributed by atoms with E-state index in [4.69, 9.17) is 0 Å². The molecule has 1 unspecified atom stereocenters. The van der Waals surface area contributed by atoms with E-state index in [0.29, 0.717) is 5.69 Å². The Morgan fingerprint density at radius 2 is 1.65 bits per heavy atom. The second-order valence-electron chi connectivity index (χ2n) is 7.11. The molecule has 8 heteroatoms. The topological polar surface area (TPSA) is 105 Å². The van der Waals surface area contributed by atoms with Gasteiger partial charge in [-0.2, -0.15) is 0 Å². The van der Waals surface area contributed by atoms with E-state index in [9.17, 15) is 19.7 Å². The average molecular weight is 418 g/mol. The quantitative estimate of drug-likeness (QED) is 0.480. The lowest BCUT2D eigenvalue weighted by molar-refractivity contribution is -0.385. The number of pyridine rings is 1. The number of anilines is 1. The predicted molar refractivity (Wildman–Crippen MR) is 117 cm³/mol. The summed E-state index contributed by atoms with van der Waals surface area (Å²) >= 11 is 0. The largest absolute Gasteiger partial charge is 0.324 e. The maximum Gasteiger partial charge on any atom is 0.275 e. The lowest BCUT2D eigenvalue weighted by Crippen LogP contribution is -2.39. The van der Waals surface area contributed by atoms with Gasteiger partial charge >= 0.3 is 0 Å². The second kappa shape index (κ2) is 9.17. The molecule has 1 heterocycles. The molecule has 0 radical (unpaired) electrons. The summed E-state index contributed by atoms with van der Waals surface area (Å²) in [6.45, 7) is 3.71. The molecule has 0 aliphatic rings. The molecule has 0 bridgehead atoms. The van der Waals surface area contributed by atoms with Crippen LogP contribution in [0.15, 0.2) is 66.9 Å². The minimum absolute atomic E-state index is 0.114. The molecule has 0 fully saturated rings. The molecule has 0 saturated heterocycles. The minimum Gasteiger partial charge on any atom is -0.324 e. The summed E-state index contributed by atoms with van der Waals surface area (Å²) in [5.74, 6) is -1.08. The van der Waals surface area contributed by atoms with Crippen molar-refractivity contribution in [3.8, 4) is 0 Å². The fourth-order valence-electron chi connectivity index (χ4n) is 3.40. The molecule has 0 aliphatic heterocycles. The van der Waals surface area contributed by atoms with Crippen molar-refractivity contribution in [2.45, 2.75) is 19.9 Å². The molecule has 2 amide bonds. The molecule has 3 rings (SSSR count). The highest BCUT2D eigenvalue weighted by Crippen LogP contribution is 2.31. The monoisotopic (exact) mass is 418 g/mol. The van der Waals surface area contributed by atoms with Gasteiger partial charge in [0.1, 0.15) is 11.7 Å². The molecule has 3 aromatic rings. The van der Waals surface area contributed by atoms with Gasteiger partial charge in [0.15, 0.2) is 0 Å². The van der Waals surface area contributed by atoms with Gasteiger partial charge in [-0.05, 0) is 43.2 Å². The number of rotatable bonds is 6. The van der Waals surface area contributed by atoms with E-state index in [1.807, 2.05) is 32.0 Å². The molecule has 31 heavy (non-hydrogen) atoms. The van der Waals surface area contributed by atoms with E-state index in [2.05, 4.69) is 10.3 Å². The molecule has 158 valence electrons. The van der Waals surface area contributed by atoms with Crippen LogP contribution in [-0.2, 0) is 4.79 Å². The van der Waals surface area contributed by atoms with Gasteiger partial charge in [-0.25, -0.2) is 0 Å². The molecule has 0 aliphatic carbocycles. The lowest BCUT2D eigenvalue weighted by Gasteiger charge is -2.28. The van der Waals surface area contributed by atoms with Crippen LogP contribution in [0.1, 0.15) is 33.2 Å². The van der Waals surface area contributed by atoms with E-state index in [0.717, 1.165) is 11.1 Å². The number of nitrogens with zero attached hydrogens (tertiary/aromatic N) is 3. The van der Waals surface area contributed by atoms with Crippen molar-refractivity contribution in [1.29, 1.82) is 0 Å². The number of aryl methyl sites for hydroxylation is 2. The van der Waals surface area contributed by atoms with Crippen molar-refractivity contribution >= 4 is 23.2 Å². The number of carbonyl (C=O) groups is 2. The number of para-hydroxylation sites is 2. The normalized spacial score (nSPS) is 11.5. The number of carbonyl (C=O) groups excluding carboxylic acids is 2. The standard InChI is InChI=1S/C23H22N4O4/c1-15-9-8-10-16(2)20(15)25-22(28)21(17-11-4-5-13-19(17)27(30)31)26(3)23(29)18-12-6-7-14-24-18/h4-14,21H,1-3H3,(H,25,28). The Balaban J connectivity index is 2.07. The smallest absolute Gasteiger partial charge is 0.275 e.